The zero-order valence-electron chi connectivity index (χ0n) is 8.32. The van der Waals surface area contributed by atoms with Gasteiger partial charge >= 0.3 is 6.18 Å². The van der Waals surface area contributed by atoms with Crippen molar-refractivity contribution in [2.75, 3.05) is 6.54 Å². The molecule has 0 rings (SSSR count). The fourth-order valence-corrected chi connectivity index (χ4v) is 1.10. The fourth-order valence-electron chi connectivity index (χ4n) is 1.10. The first-order valence-electron chi connectivity index (χ1n) is 4.73. The van der Waals surface area contributed by atoms with Crippen LogP contribution in [0.25, 0.3) is 0 Å². The Labute approximate surface area is 83.1 Å². The number of halogens is 3. The van der Waals surface area contributed by atoms with Crippen LogP contribution in [0.4, 0.5) is 13.2 Å². The molecule has 0 saturated carbocycles. The van der Waals surface area contributed by atoms with Crippen LogP contribution >= 0.6 is 0 Å². The highest BCUT2D eigenvalue weighted by Crippen LogP contribution is 2.22. The number of rotatable bonds is 6. The summed E-state index contributed by atoms with van der Waals surface area (Å²) in [6.07, 6.45) is 1.54. The first-order chi connectivity index (χ1) is 6.49. The van der Waals surface area contributed by atoms with Crippen LogP contribution in [0.15, 0.2) is 0 Å². The Bertz CT molecular complexity index is 181. The molecule has 0 heterocycles. The van der Waals surface area contributed by atoms with Gasteiger partial charge in [-0.15, -0.1) is 12.3 Å². The third kappa shape index (κ3) is 7.93. The molecule has 14 heavy (non-hydrogen) atoms. The molecule has 0 saturated heterocycles. The van der Waals surface area contributed by atoms with Gasteiger partial charge in [-0.25, -0.2) is 0 Å². The highest BCUT2D eigenvalue weighted by atomic mass is 19.4. The average Bonchev–Trinajstić information content (AvgIpc) is 2.08. The van der Waals surface area contributed by atoms with Crippen molar-refractivity contribution < 1.29 is 13.2 Å². The summed E-state index contributed by atoms with van der Waals surface area (Å²) in [6.45, 7) is 2.67. The molecule has 0 aromatic carbocycles. The lowest BCUT2D eigenvalue weighted by molar-refractivity contribution is -0.136. The third-order valence-electron chi connectivity index (χ3n) is 1.82. The molecule has 82 valence electrons. The first kappa shape index (κ1) is 13.3. The molecule has 0 aliphatic heterocycles. The topological polar surface area (TPSA) is 12.0 Å². The van der Waals surface area contributed by atoms with Crippen LogP contribution in [0, 0.1) is 12.3 Å². The second-order valence-corrected chi connectivity index (χ2v) is 3.21. The molecular weight excluding hydrogens is 191 g/mol. The second-order valence-electron chi connectivity index (χ2n) is 3.21. The minimum Gasteiger partial charge on any atom is -0.313 e. The van der Waals surface area contributed by atoms with Crippen molar-refractivity contribution in [1.82, 2.24) is 5.32 Å². The Balaban J connectivity index is 3.79. The number of terminal acetylenes is 1. The predicted octanol–water partition coefficient (Wildman–Crippen LogP) is 2.72. The molecule has 1 nitrogen and oxygen atoms in total. The Kier molecular flexibility index (Phi) is 6.39. The van der Waals surface area contributed by atoms with Crippen LogP contribution in [-0.2, 0) is 0 Å². The second kappa shape index (κ2) is 6.72. The molecule has 4 heteroatoms. The van der Waals surface area contributed by atoms with E-state index in [0.29, 0.717) is 13.0 Å². The van der Waals surface area contributed by atoms with Gasteiger partial charge < -0.3 is 5.32 Å². The van der Waals surface area contributed by atoms with Gasteiger partial charge in [0.15, 0.2) is 0 Å². The van der Waals surface area contributed by atoms with Gasteiger partial charge in [-0.2, -0.15) is 13.2 Å². The van der Waals surface area contributed by atoms with Crippen LogP contribution in [0.1, 0.15) is 32.6 Å². The molecule has 0 aromatic rings. The molecule has 1 N–H and O–H groups in total. The van der Waals surface area contributed by atoms with E-state index in [-0.39, 0.29) is 12.5 Å². The molecule has 0 amide bonds. The third-order valence-corrected chi connectivity index (χ3v) is 1.82. The molecular formula is C10H16F3N. The van der Waals surface area contributed by atoms with Gasteiger partial charge in [-0.3, -0.25) is 0 Å². The van der Waals surface area contributed by atoms with Crippen molar-refractivity contribution >= 4 is 0 Å². The van der Waals surface area contributed by atoms with E-state index in [2.05, 4.69) is 11.2 Å². The van der Waals surface area contributed by atoms with E-state index in [4.69, 9.17) is 6.42 Å². The van der Waals surface area contributed by atoms with Crippen LogP contribution in [-0.4, -0.2) is 18.8 Å². The monoisotopic (exact) mass is 207 g/mol. The Morgan fingerprint density at radius 2 is 2.07 bits per heavy atom. The summed E-state index contributed by atoms with van der Waals surface area (Å²) in [4.78, 5) is 0. The van der Waals surface area contributed by atoms with Crippen LogP contribution in [0.2, 0.25) is 0 Å². The van der Waals surface area contributed by atoms with Gasteiger partial charge in [-0.05, 0) is 19.4 Å². The Hall–Kier alpha value is -0.690. The Morgan fingerprint density at radius 3 is 2.50 bits per heavy atom. The standard InChI is InChI=1S/C10H16F3N/c1-3-5-9(14-8-4-2)6-7-10(11,12)13/h1,9,14H,4-8H2,2H3. The summed E-state index contributed by atoms with van der Waals surface area (Å²) < 4.78 is 35.7. The summed E-state index contributed by atoms with van der Waals surface area (Å²) in [7, 11) is 0. The van der Waals surface area contributed by atoms with Crippen LogP contribution in [0.3, 0.4) is 0 Å². The van der Waals surface area contributed by atoms with Gasteiger partial charge in [0.2, 0.25) is 0 Å². The first-order valence-corrected chi connectivity index (χ1v) is 4.73. The average molecular weight is 207 g/mol. The van der Waals surface area contributed by atoms with Gasteiger partial charge in [0.1, 0.15) is 0 Å². The highest BCUT2D eigenvalue weighted by Gasteiger charge is 2.27. The summed E-state index contributed by atoms with van der Waals surface area (Å²) >= 11 is 0. The minimum absolute atomic E-state index is 0.0632. The number of alkyl halides is 3. The lowest BCUT2D eigenvalue weighted by Crippen LogP contribution is -2.30. The molecule has 0 fully saturated rings. The maximum absolute atomic E-state index is 11.9. The van der Waals surface area contributed by atoms with Crippen molar-refractivity contribution in [2.45, 2.75) is 44.8 Å². The zero-order valence-corrected chi connectivity index (χ0v) is 8.32. The van der Waals surface area contributed by atoms with Crippen molar-refractivity contribution in [3.8, 4) is 12.3 Å². The quantitative estimate of drug-likeness (QED) is 0.660. The van der Waals surface area contributed by atoms with E-state index in [1.165, 1.54) is 0 Å². The molecule has 0 aromatic heterocycles. The molecule has 0 aliphatic carbocycles. The van der Waals surface area contributed by atoms with E-state index in [0.717, 1.165) is 6.42 Å². The normalized spacial score (nSPS) is 13.6. The molecule has 0 aliphatic rings. The van der Waals surface area contributed by atoms with Crippen molar-refractivity contribution in [3.63, 3.8) is 0 Å². The summed E-state index contributed by atoms with van der Waals surface area (Å²) in [6, 6.07) is -0.207. The zero-order chi connectivity index (χ0) is 11.0. The number of hydrogen-bond acceptors (Lipinski definition) is 1. The maximum atomic E-state index is 11.9. The Morgan fingerprint density at radius 1 is 1.43 bits per heavy atom. The summed E-state index contributed by atoms with van der Waals surface area (Å²) in [5.41, 5.74) is 0. The summed E-state index contributed by atoms with van der Waals surface area (Å²) in [5.74, 6) is 2.38. The van der Waals surface area contributed by atoms with Crippen molar-refractivity contribution in [1.29, 1.82) is 0 Å². The van der Waals surface area contributed by atoms with Gasteiger partial charge in [0.25, 0.3) is 0 Å². The SMILES string of the molecule is C#CCC(CCC(F)(F)F)NCCC. The van der Waals surface area contributed by atoms with E-state index in [1.807, 2.05) is 6.92 Å². The van der Waals surface area contributed by atoms with E-state index in [9.17, 15) is 13.2 Å². The molecule has 1 unspecified atom stereocenters. The van der Waals surface area contributed by atoms with Crippen molar-refractivity contribution in [2.24, 2.45) is 0 Å². The lowest BCUT2D eigenvalue weighted by Gasteiger charge is -2.16. The van der Waals surface area contributed by atoms with E-state index in [1.54, 1.807) is 0 Å². The summed E-state index contributed by atoms with van der Waals surface area (Å²) in [5, 5.41) is 3.00. The van der Waals surface area contributed by atoms with Crippen molar-refractivity contribution in [3.05, 3.63) is 0 Å². The van der Waals surface area contributed by atoms with Gasteiger partial charge in [0, 0.05) is 18.9 Å². The van der Waals surface area contributed by atoms with Gasteiger partial charge in [-0.1, -0.05) is 6.92 Å². The maximum Gasteiger partial charge on any atom is 0.389 e. The molecule has 0 radical (unpaired) electrons. The number of hydrogen-bond donors (Lipinski definition) is 1. The smallest absolute Gasteiger partial charge is 0.313 e. The molecule has 1 atom stereocenters. The highest BCUT2D eigenvalue weighted by molar-refractivity contribution is 4.89. The van der Waals surface area contributed by atoms with E-state index >= 15 is 0 Å². The van der Waals surface area contributed by atoms with Crippen LogP contribution < -0.4 is 5.32 Å². The molecule has 0 spiro atoms. The number of nitrogens with one attached hydrogen (secondary N) is 1. The van der Waals surface area contributed by atoms with Crippen LogP contribution in [0.5, 0.6) is 0 Å². The minimum atomic E-state index is -4.08. The largest absolute Gasteiger partial charge is 0.389 e. The fraction of sp³-hybridized carbons (Fsp3) is 0.800. The van der Waals surface area contributed by atoms with E-state index < -0.39 is 12.6 Å². The van der Waals surface area contributed by atoms with Gasteiger partial charge in [0.05, 0.1) is 0 Å². The molecule has 0 bridgehead atoms. The lowest BCUT2D eigenvalue weighted by atomic mass is 10.1. The predicted molar refractivity (Wildman–Crippen MR) is 50.8 cm³/mol.